The van der Waals surface area contributed by atoms with Gasteiger partial charge in [-0.2, -0.15) is 0 Å². The van der Waals surface area contributed by atoms with Crippen LogP contribution in [0.5, 0.6) is 0 Å². The molecule has 0 heterocycles. The smallest absolute Gasteiger partial charge is 0.00279 e. The van der Waals surface area contributed by atoms with Crippen LogP contribution in [-0.4, -0.2) is 10.2 Å². The van der Waals surface area contributed by atoms with Gasteiger partial charge >= 0.3 is 0 Å². The maximum absolute atomic E-state index is 2.38. The summed E-state index contributed by atoms with van der Waals surface area (Å²) in [7, 11) is 1.40. The largest absolute Gasteiger partial charge is 0.0658 e. The Morgan fingerprint density at radius 1 is 1.22 bits per heavy atom. The molecule has 0 N–H and O–H groups in total. The van der Waals surface area contributed by atoms with Crippen molar-refractivity contribution in [3.05, 3.63) is 6.42 Å². The SMILES string of the molecule is CC[CH]CCCCC[SiH3]. The van der Waals surface area contributed by atoms with E-state index in [9.17, 15) is 0 Å². The number of hydrogen-bond donors (Lipinski definition) is 0. The molecule has 0 amide bonds. The van der Waals surface area contributed by atoms with E-state index in [1.54, 1.807) is 0 Å². The first-order valence-corrected chi connectivity index (χ1v) is 5.64. The number of hydrogen-bond acceptors (Lipinski definition) is 0. The molecule has 0 rings (SSSR count). The Balaban J connectivity index is 2.60. The first kappa shape index (κ1) is 9.22. The normalized spacial score (nSPS) is 10.3. The van der Waals surface area contributed by atoms with Crippen molar-refractivity contribution in [2.45, 2.75) is 45.1 Å². The molecule has 0 atom stereocenters. The molecule has 0 aromatic heterocycles. The Hall–Kier alpha value is 0.217. The Kier molecular flexibility index (Phi) is 8.41. The van der Waals surface area contributed by atoms with E-state index in [0.29, 0.717) is 0 Å². The van der Waals surface area contributed by atoms with Gasteiger partial charge in [0, 0.05) is 10.2 Å². The molecule has 1 heteroatoms. The summed E-state index contributed by atoms with van der Waals surface area (Å²) >= 11 is 0. The first-order valence-electron chi connectivity index (χ1n) is 4.23. The molecule has 0 saturated heterocycles. The highest BCUT2D eigenvalue weighted by Gasteiger charge is 1.86. The molecule has 0 unspecified atom stereocenters. The second kappa shape index (κ2) is 8.22. The Morgan fingerprint density at radius 2 is 2.00 bits per heavy atom. The minimum Gasteiger partial charge on any atom is -0.0658 e. The van der Waals surface area contributed by atoms with Gasteiger partial charge in [0.15, 0.2) is 0 Å². The molecule has 0 fully saturated rings. The maximum Gasteiger partial charge on any atom is 0.00279 e. The zero-order chi connectivity index (χ0) is 6.95. The van der Waals surface area contributed by atoms with E-state index in [1.165, 1.54) is 48.4 Å². The van der Waals surface area contributed by atoms with Gasteiger partial charge in [-0.15, -0.1) is 0 Å². The van der Waals surface area contributed by atoms with Crippen LogP contribution in [0.3, 0.4) is 0 Å². The van der Waals surface area contributed by atoms with Gasteiger partial charge in [0.05, 0.1) is 0 Å². The van der Waals surface area contributed by atoms with E-state index in [1.807, 2.05) is 0 Å². The molecular weight excluding hydrogens is 124 g/mol. The third-order valence-electron chi connectivity index (χ3n) is 1.55. The van der Waals surface area contributed by atoms with Crippen LogP contribution in [-0.2, 0) is 0 Å². The highest BCUT2D eigenvalue weighted by molar-refractivity contribution is 6.08. The molecule has 0 spiro atoms. The molecule has 55 valence electrons. The van der Waals surface area contributed by atoms with E-state index in [-0.39, 0.29) is 0 Å². The lowest BCUT2D eigenvalue weighted by Crippen LogP contribution is -1.77. The van der Waals surface area contributed by atoms with Crippen LogP contribution in [0.4, 0.5) is 0 Å². The van der Waals surface area contributed by atoms with Crippen molar-refractivity contribution >= 4 is 10.2 Å². The summed E-state index contributed by atoms with van der Waals surface area (Å²) in [6, 6.07) is 1.49. The molecule has 0 aliphatic rings. The fourth-order valence-corrected chi connectivity index (χ4v) is 1.42. The summed E-state index contributed by atoms with van der Waals surface area (Å²) in [5.41, 5.74) is 0. The van der Waals surface area contributed by atoms with Gasteiger partial charge < -0.3 is 0 Å². The van der Waals surface area contributed by atoms with Crippen molar-refractivity contribution in [1.82, 2.24) is 0 Å². The predicted octanol–water partition coefficient (Wildman–Crippen LogP) is 1.94. The van der Waals surface area contributed by atoms with Crippen LogP contribution in [0.2, 0.25) is 6.04 Å². The fraction of sp³-hybridized carbons (Fsp3) is 0.875. The molecule has 1 radical (unpaired) electrons. The van der Waals surface area contributed by atoms with Gasteiger partial charge in [-0.3, -0.25) is 0 Å². The van der Waals surface area contributed by atoms with Crippen molar-refractivity contribution in [2.24, 2.45) is 0 Å². The quantitative estimate of drug-likeness (QED) is 0.394. The summed E-state index contributed by atoms with van der Waals surface area (Å²) in [6.07, 6.45) is 9.34. The molecule has 0 aromatic rings. The summed E-state index contributed by atoms with van der Waals surface area (Å²) in [5, 5.41) is 0. The Morgan fingerprint density at radius 3 is 2.56 bits per heavy atom. The highest BCUT2D eigenvalue weighted by Crippen LogP contribution is 2.04. The monoisotopic (exact) mass is 143 g/mol. The average molecular weight is 143 g/mol. The molecule has 0 aliphatic carbocycles. The average Bonchev–Trinajstić information content (AvgIpc) is 1.89. The second-order valence-electron chi connectivity index (χ2n) is 2.55. The zero-order valence-corrected chi connectivity index (χ0v) is 8.82. The first-order chi connectivity index (χ1) is 4.41. The van der Waals surface area contributed by atoms with Gasteiger partial charge in [-0.05, 0) is 6.42 Å². The Bertz CT molecular complexity index is 37.8. The van der Waals surface area contributed by atoms with Crippen LogP contribution in [0.15, 0.2) is 0 Å². The van der Waals surface area contributed by atoms with Gasteiger partial charge in [0.2, 0.25) is 0 Å². The molecular formula is C8H19Si. The number of rotatable bonds is 6. The van der Waals surface area contributed by atoms with Crippen LogP contribution in [0.25, 0.3) is 0 Å². The van der Waals surface area contributed by atoms with E-state index >= 15 is 0 Å². The third-order valence-corrected chi connectivity index (χ3v) is 2.26. The van der Waals surface area contributed by atoms with Crippen LogP contribution in [0.1, 0.15) is 39.0 Å². The minimum absolute atomic E-state index is 1.25. The Labute approximate surface area is 62.5 Å². The molecule has 0 bridgehead atoms. The summed E-state index contributed by atoms with van der Waals surface area (Å²) < 4.78 is 0. The van der Waals surface area contributed by atoms with E-state index in [0.717, 1.165) is 0 Å². The van der Waals surface area contributed by atoms with Gasteiger partial charge in [-0.1, -0.05) is 45.1 Å². The zero-order valence-electron chi connectivity index (χ0n) is 6.82. The summed E-state index contributed by atoms with van der Waals surface area (Å²) in [5.74, 6) is 0. The number of unbranched alkanes of at least 4 members (excludes halogenated alkanes) is 5. The molecule has 0 nitrogen and oxygen atoms in total. The van der Waals surface area contributed by atoms with E-state index in [4.69, 9.17) is 0 Å². The van der Waals surface area contributed by atoms with E-state index < -0.39 is 0 Å². The third kappa shape index (κ3) is 8.22. The molecule has 9 heavy (non-hydrogen) atoms. The predicted molar refractivity (Wildman–Crippen MR) is 47.8 cm³/mol. The molecule has 0 aromatic carbocycles. The second-order valence-corrected chi connectivity index (χ2v) is 3.55. The molecule has 0 aliphatic heterocycles. The maximum atomic E-state index is 2.38. The molecule has 0 saturated carbocycles. The summed E-state index contributed by atoms with van der Waals surface area (Å²) in [4.78, 5) is 0. The summed E-state index contributed by atoms with van der Waals surface area (Å²) in [6.45, 7) is 2.22. The topological polar surface area (TPSA) is 0 Å². The highest BCUT2D eigenvalue weighted by atomic mass is 28.1. The lowest BCUT2D eigenvalue weighted by atomic mass is 10.1. The van der Waals surface area contributed by atoms with Crippen LogP contribution < -0.4 is 0 Å². The standard InChI is InChI=1S/C8H19Si/c1-2-3-4-5-6-7-8-9/h3H,2,4-8H2,1,9H3. The van der Waals surface area contributed by atoms with Crippen molar-refractivity contribution in [3.8, 4) is 0 Å². The van der Waals surface area contributed by atoms with Crippen LogP contribution in [0, 0.1) is 6.42 Å². The van der Waals surface area contributed by atoms with E-state index in [2.05, 4.69) is 13.3 Å². The van der Waals surface area contributed by atoms with Crippen molar-refractivity contribution < 1.29 is 0 Å². The van der Waals surface area contributed by atoms with Crippen molar-refractivity contribution in [1.29, 1.82) is 0 Å². The van der Waals surface area contributed by atoms with Crippen molar-refractivity contribution in [3.63, 3.8) is 0 Å². The lowest BCUT2D eigenvalue weighted by Gasteiger charge is -1.95. The van der Waals surface area contributed by atoms with Gasteiger partial charge in [0.1, 0.15) is 0 Å². The van der Waals surface area contributed by atoms with Crippen LogP contribution >= 0.6 is 0 Å². The fourth-order valence-electron chi connectivity index (χ4n) is 0.920. The lowest BCUT2D eigenvalue weighted by molar-refractivity contribution is 0.698. The van der Waals surface area contributed by atoms with Gasteiger partial charge in [0.25, 0.3) is 0 Å². The minimum atomic E-state index is 1.25. The van der Waals surface area contributed by atoms with Gasteiger partial charge in [-0.25, -0.2) is 0 Å². The van der Waals surface area contributed by atoms with Crippen molar-refractivity contribution in [2.75, 3.05) is 0 Å².